The van der Waals surface area contributed by atoms with E-state index in [0.29, 0.717) is 0 Å². The molecule has 0 spiro atoms. The molecule has 5 heteroatoms. The minimum atomic E-state index is 0.822. The summed E-state index contributed by atoms with van der Waals surface area (Å²) < 4.78 is 0. The summed E-state index contributed by atoms with van der Waals surface area (Å²) in [5.41, 5.74) is 3.33. The van der Waals surface area contributed by atoms with Crippen molar-refractivity contribution < 1.29 is 0 Å². The third-order valence-corrected chi connectivity index (χ3v) is 4.36. The second-order valence-corrected chi connectivity index (χ2v) is 6.31. The molecular formula is C16H20N4S. The Bertz CT molecular complexity index is 586. The fraction of sp³-hybridized carbons (Fsp3) is 0.375. The summed E-state index contributed by atoms with van der Waals surface area (Å²) in [7, 11) is 0. The van der Waals surface area contributed by atoms with Crippen LogP contribution in [0.1, 0.15) is 11.4 Å². The van der Waals surface area contributed by atoms with Crippen molar-refractivity contribution in [1.82, 2.24) is 15.3 Å². The van der Waals surface area contributed by atoms with Crippen LogP contribution < -0.4 is 10.2 Å². The van der Waals surface area contributed by atoms with Crippen molar-refractivity contribution in [2.45, 2.75) is 23.9 Å². The van der Waals surface area contributed by atoms with Crippen LogP contribution in [-0.4, -0.2) is 36.1 Å². The second kappa shape index (κ2) is 6.45. The molecule has 1 fully saturated rings. The number of hydrogen-bond donors (Lipinski definition) is 1. The van der Waals surface area contributed by atoms with Crippen LogP contribution in [-0.2, 0) is 0 Å². The highest BCUT2D eigenvalue weighted by Crippen LogP contribution is 2.27. The van der Waals surface area contributed by atoms with E-state index in [0.717, 1.165) is 42.7 Å². The quantitative estimate of drug-likeness (QED) is 0.883. The average Bonchev–Trinajstić information content (AvgIpc) is 2.48. The highest BCUT2D eigenvalue weighted by Gasteiger charge is 2.10. The van der Waals surface area contributed by atoms with Gasteiger partial charge in [0, 0.05) is 48.1 Å². The molecule has 0 atom stereocenters. The largest absolute Gasteiger partial charge is 0.369 e. The zero-order chi connectivity index (χ0) is 14.7. The monoisotopic (exact) mass is 300 g/mol. The summed E-state index contributed by atoms with van der Waals surface area (Å²) in [6.07, 6.45) is 0. The van der Waals surface area contributed by atoms with Gasteiger partial charge in [0.2, 0.25) is 0 Å². The number of piperazine rings is 1. The molecule has 1 N–H and O–H groups in total. The lowest BCUT2D eigenvalue weighted by Gasteiger charge is -2.29. The van der Waals surface area contributed by atoms with E-state index in [9.17, 15) is 0 Å². The molecule has 0 saturated carbocycles. The maximum atomic E-state index is 4.47. The van der Waals surface area contributed by atoms with Gasteiger partial charge in [-0.05, 0) is 55.9 Å². The van der Waals surface area contributed by atoms with Crippen molar-refractivity contribution in [3.63, 3.8) is 0 Å². The lowest BCUT2D eigenvalue weighted by molar-refractivity contribution is 0.589. The van der Waals surface area contributed by atoms with E-state index in [2.05, 4.69) is 44.5 Å². The molecule has 3 rings (SSSR count). The first-order chi connectivity index (χ1) is 10.2. The maximum Gasteiger partial charge on any atom is 0.192 e. The molecule has 0 unspecified atom stereocenters. The molecular weight excluding hydrogens is 280 g/mol. The Labute approximate surface area is 130 Å². The summed E-state index contributed by atoms with van der Waals surface area (Å²) in [6.45, 7) is 8.29. The van der Waals surface area contributed by atoms with Crippen LogP contribution in [0, 0.1) is 13.8 Å². The molecule has 110 valence electrons. The van der Waals surface area contributed by atoms with E-state index in [4.69, 9.17) is 0 Å². The van der Waals surface area contributed by atoms with Crippen molar-refractivity contribution >= 4 is 17.4 Å². The lowest BCUT2D eigenvalue weighted by atomic mass is 10.2. The molecule has 0 bridgehead atoms. The van der Waals surface area contributed by atoms with E-state index in [-0.39, 0.29) is 0 Å². The van der Waals surface area contributed by atoms with Crippen molar-refractivity contribution in [2.24, 2.45) is 0 Å². The fourth-order valence-corrected chi connectivity index (χ4v) is 3.35. The predicted molar refractivity (Wildman–Crippen MR) is 87.2 cm³/mol. The predicted octanol–water partition coefficient (Wildman–Crippen LogP) is 2.65. The molecule has 1 aliphatic heterocycles. The van der Waals surface area contributed by atoms with Gasteiger partial charge in [0.25, 0.3) is 0 Å². The van der Waals surface area contributed by atoms with Crippen LogP contribution in [0.2, 0.25) is 0 Å². The lowest BCUT2D eigenvalue weighted by Crippen LogP contribution is -2.43. The fourth-order valence-electron chi connectivity index (χ4n) is 2.49. The first kappa shape index (κ1) is 14.4. The molecule has 1 aliphatic rings. The summed E-state index contributed by atoms with van der Waals surface area (Å²) in [5.74, 6) is 0. The summed E-state index contributed by atoms with van der Waals surface area (Å²) >= 11 is 1.62. The molecule has 0 amide bonds. The second-order valence-electron chi connectivity index (χ2n) is 5.27. The molecule has 0 aliphatic carbocycles. The number of anilines is 1. The molecule has 2 aromatic rings. The van der Waals surface area contributed by atoms with Gasteiger partial charge in [-0.2, -0.15) is 0 Å². The Morgan fingerprint density at radius 3 is 2.24 bits per heavy atom. The zero-order valence-electron chi connectivity index (χ0n) is 12.5. The van der Waals surface area contributed by atoms with Crippen LogP contribution in [0.25, 0.3) is 0 Å². The molecule has 0 radical (unpaired) electrons. The van der Waals surface area contributed by atoms with Gasteiger partial charge < -0.3 is 10.2 Å². The van der Waals surface area contributed by atoms with Gasteiger partial charge in [-0.15, -0.1) is 0 Å². The van der Waals surface area contributed by atoms with Gasteiger partial charge in [-0.3, -0.25) is 0 Å². The standard InChI is InChI=1S/C16H20N4S/c1-12-11-13(2)19-16(18-12)21-15-5-3-14(4-6-15)20-9-7-17-8-10-20/h3-6,11,17H,7-10H2,1-2H3. The summed E-state index contributed by atoms with van der Waals surface area (Å²) in [4.78, 5) is 12.5. The summed E-state index contributed by atoms with van der Waals surface area (Å²) in [5, 5.41) is 4.20. The van der Waals surface area contributed by atoms with Gasteiger partial charge in [0.15, 0.2) is 5.16 Å². The smallest absolute Gasteiger partial charge is 0.192 e. The highest BCUT2D eigenvalue weighted by atomic mass is 32.2. The van der Waals surface area contributed by atoms with E-state index in [1.54, 1.807) is 11.8 Å². The normalized spacial score (nSPS) is 15.2. The van der Waals surface area contributed by atoms with Crippen molar-refractivity contribution in [1.29, 1.82) is 0 Å². The minimum Gasteiger partial charge on any atom is -0.369 e. The van der Waals surface area contributed by atoms with Gasteiger partial charge in [-0.1, -0.05) is 0 Å². The first-order valence-electron chi connectivity index (χ1n) is 7.26. The Hall–Kier alpha value is -1.59. The van der Waals surface area contributed by atoms with Crippen LogP contribution in [0.4, 0.5) is 5.69 Å². The third-order valence-electron chi connectivity index (χ3n) is 3.49. The SMILES string of the molecule is Cc1cc(C)nc(Sc2ccc(N3CCNCC3)cc2)n1. The zero-order valence-corrected chi connectivity index (χ0v) is 13.3. The minimum absolute atomic E-state index is 0.822. The number of nitrogens with one attached hydrogen (secondary N) is 1. The molecule has 21 heavy (non-hydrogen) atoms. The van der Waals surface area contributed by atoms with Gasteiger partial charge in [-0.25, -0.2) is 9.97 Å². The van der Waals surface area contributed by atoms with Crippen LogP contribution in [0.5, 0.6) is 0 Å². The van der Waals surface area contributed by atoms with Crippen LogP contribution >= 0.6 is 11.8 Å². The molecule has 1 aromatic heterocycles. The van der Waals surface area contributed by atoms with Gasteiger partial charge in [0.1, 0.15) is 0 Å². The van der Waals surface area contributed by atoms with Crippen molar-refractivity contribution in [3.8, 4) is 0 Å². The number of aryl methyl sites for hydroxylation is 2. The Kier molecular flexibility index (Phi) is 4.41. The number of aromatic nitrogens is 2. The molecule has 2 heterocycles. The molecule has 1 aromatic carbocycles. The van der Waals surface area contributed by atoms with E-state index in [1.807, 2.05) is 19.9 Å². The number of nitrogens with zero attached hydrogens (tertiary/aromatic N) is 3. The topological polar surface area (TPSA) is 41.1 Å². The van der Waals surface area contributed by atoms with Gasteiger partial charge in [0.05, 0.1) is 0 Å². The van der Waals surface area contributed by atoms with E-state index < -0.39 is 0 Å². The Morgan fingerprint density at radius 1 is 1.00 bits per heavy atom. The van der Waals surface area contributed by atoms with Crippen molar-refractivity contribution in [2.75, 3.05) is 31.1 Å². The first-order valence-corrected chi connectivity index (χ1v) is 8.08. The van der Waals surface area contributed by atoms with Gasteiger partial charge >= 0.3 is 0 Å². The highest BCUT2D eigenvalue weighted by molar-refractivity contribution is 7.99. The number of hydrogen-bond acceptors (Lipinski definition) is 5. The summed E-state index contributed by atoms with van der Waals surface area (Å²) in [6, 6.07) is 10.7. The van der Waals surface area contributed by atoms with E-state index >= 15 is 0 Å². The van der Waals surface area contributed by atoms with Crippen LogP contribution in [0.15, 0.2) is 40.4 Å². The Balaban J connectivity index is 1.71. The van der Waals surface area contributed by atoms with Crippen LogP contribution in [0.3, 0.4) is 0 Å². The number of rotatable bonds is 3. The molecule has 1 saturated heterocycles. The van der Waals surface area contributed by atoms with Crippen molar-refractivity contribution in [3.05, 3.63) is 41.7 Å². The Morgan fingerprint density at radius 2 is 1.62 bits per heavy atom. The number of benzene rings is 1. The third kappa shape index (κ3) is 3.74. The molecule has 4 nitrogen and oxygen atoms in total. The average molecular weight is 300 g/mol. The maximum absolute atomic E-state index is 4.47. The van der Waals surface area contributed by atoms with E-state index in [1.165, 1.54) is 10.6 Å².